The summed E-state index contributed by atoms with van der Waals surface area (Å²) in [4.78, 5) is 25.3. The molecular weight excluding hydrogens is 463 g/mol. The number of aromatic nitrogens is 1. The summed E-state index contributed by atoms with van der Waals surface area (Å²) in [6, 6.07) is 12.6. The van der Waals surface area contributed by atoms with Crippen molar-refractivity contribution in [3.8, 4) is 0 Å². The van der Waals surface area contributed by atoms with Crippen molar-refractivity contribution in [1.82, 2.24) is 0 Å². The van der Waals surface area contributed by atoms with Crippen molar-refractivity contribution in [3.63, 3.8) is 0 Å². The first-order chi connectivity index (χ1) is 14.7. The third kappa shape index (κ3) is 17.9. The molecule has 0 spiro atoms. The van der Waals surface area contributed by atoms with Gasteiger partial charge in [-0.15, -0.1) is 0 Å². The van der Waals surface area contributed by atoms with Gasteiger partial charge in [-0.2, -0.15) is 4.99 Å². The summed E-state index contributed by atoms with van der Waals surface area (Å²) in [5, 5.41) is 2.63. The Morgan fingerprint density at radius 2 is 1.50 bits per heavy atom. The van der Waals surface area contributed by atoms with Crippen molar-refractivity contribution in [2.45, 2.75) is 32.2 Å². The van der Waals surface area contributed by atoms with Crippen molar-refractivity contribution in [2.24, 2.45) is 4.99 Å². The Labute approximate surface area is 180 Å². The summed E-state index contributed by atoms with van der Waals surface area (Å²) in [6.07, 6.45) is 9.19. The average Bonchev–Trinajstić information content (AvgIpc) is 2.67. The number of rotatable bonds is 9. The minimum Gasteiger partial charge on any atom is -0.449 e. The summed E-state index contributed by atoms with van der Waals surface area (Å²) in [5.74, 6) is 0. The van der Waals surface area contributed by atoms with Gasteiger partial charge in [-0.1, -0.05) is 6.07 Å². The number of nitrogens with zero attached hydrogens (tertiary/aromatic N) is 2. The topological polar surface area (TPSA) is 71.6 Å². The molecule has 0 radical (unpaired) electrons. The molecule has 1 heterocycles. The van der Waals surface area contributed by atoms with Gasteiger partial charge in [0.1, 0.15) is 6.54 Å². The number of unbranched alkanes of at least 4 members (excludes halogenated alkanes) is 3. The molecule has 32 heavy (non-hydrogen) atoms. The number of aryl methyl sites for hydroxylation is 1. The minimum absolute atomic E-state index is 0.401. The fourth-order valence-corrected chi connectivity index (χ4v) is 2.32. The number of ether oxygens (including phenoxy) is 1. The molecule has 0 bridgehead atoms. The van der Waals surface area contributed by atoms with Crippen molar-refractivity contribution in [3.05, 3.63) is 54.9 Å². The van der Waals surface area contributed by atoms with Crippen molar-refractivity contribution < 1.29 is 44.1 Å². The summed E-state index contributed by atoms with van der Waals surface area (Å²) >= 11 is 0. The second-order valence-corrected chi connectivity index (χ2v) is 8.41. The van der Waals surface area contributed by atoms with Crippen LogP contribution in [0.3, 0.4) is 0 Å². The fraction of sp³-hybridized carbons (Fsp3) is 0.316. The van der Waals surface area contributed by atoms with Gasteiger partial charge in [0, 0.05) is 24.2 Å². The van der Waals surface area contributed by atoms with E-state index in [4.69, 9.17) is 4.74 Å². The molecular formula is C19H22F6N3O3P. The van der Waals surface area contributed by atoms with Crippen LogP contribution < -0.4 is 9.88 Å². The van der Waals surface area contributed by atoms with Gasteiger partial charge >= 0.3 is 39.1 Å². The van der Waals surface area contributed by atoms with E-state index in [0.717, 1.165) is 32.2 Å². The third-order valence-electron chi connectivity index (χ3n) is 3.61. The van der Waals surface area contributed by atoms with Crippen LogP contribution in [0.4, 0.5) is 41.4 Å². The maximum absolute atomic E-state index is 11.7. The molecule has 0 saturated heterocycles. The molecule has 178 valence electrons. The number of carbonyl (C=O) groups excluding carboxylic acids is 2. The molecule has 1 aromatic heterocycles. The summed E-state index contributed by atoms with van der Waals surface area (Å²) in [7, 11) is -10.7. The molecule has 2 rings (SSSR count). The Morgan fingerprint density at radius 3 is 2.06 bits per heavy atom. The van der Waals surface area contributed by atoms with Crippen LogP contribution in [0.15, 0.2) is 59.9 Å². The number of nitrogens with one attached hydrogen (secondary N) is 1. The van der Waals surface area contributed by atoms with E-state index in [1.807, 2.05) is 18.2 Å². The molecule has 1 aromatic carbocycles. The zero-order valence-corrected chi connectivity index (χ0v) is 17.7. The normalized spacial score (nSPS) is 12.8. The number of benzene rings is 1. The Morgan fingerprint density at radius 1 is 0.938 bits per heavy atom. The third-order valence-corrected chi connectivity index (χ3v) is 3.61. The monoisotopic (exact) mass is 485 g/mol. The van der Waals surface area contributed by atoms with E-state index in [9.17, 15) is 34.8 Å². The summed E-state index contributed by atoms with van der Waals surface area (Å²) in [5.41, 5.74) is 1.08. The first-order valence-corrected chi connectivity index (χ1v) is 11.4. The largest absolute Gasteiger partial charge is 0.449 e. The number of hydrogen-bond donors (Lipinski definition) is 1. The Kier molecular flexibility index (Phi) is 9.35. The van der Waals surface area contributed by atoms with Crippen LogP contribution in [0.5, 0.6) is 0 Å². The second-order valence-electron chi connectivity index (χ2n) is 6.50. The van der Waals surface area contributed by atoms with Crippen LogP contribution in [-0.4, -0.2) is 18.8 Å². The van der Waals surface area contributed by atoms with Crippen LogP contribution in [-0.2, 0) is 16.1 Å². The van der Waals surface area contributed by atoms with E-state index >= 15 is 0 Å². The molecule has 13 heteroatoms. The van der Waals surface area contributed by atoms with Crippen LogP contribution in [0, 0.1) is 0 Å². The first-order valence-electron chi connectivity index (χ1n) is 9.35. The summed E-state index contributed by atoms with van der Waals surface area (Å²) in [6.45, 7) is 1.41. The Bertz CT molecular complexity index is 892. The van der Waals surface area contributed by atoms with Gasteiger partial charge in [-0.25, -0.2) is 14.2 Å². The van der Waals surface area contributed by atoms with E-state index in [2.05, 4.69) is 27.3 Å². The van der Waals surface area contributed by atoms with Crippen molar-refractivity contribution in [1.29, 1.82) is 0 Å². The van der Waals surface area contributed by atoms with Crippen molar-refractivity contribution in [2.75, 3.05) is 11.9 Å². The molecule has 0 fully saturated rings. The molecule has 1 amide bonds. The number of halogens is 6. The van der Waals surface area contributed by atoms with Crippen LogP contribution in [0.1, 0.15) is 25.7 Å². The molecule has 0 saturated carbocycles. The molecule has 0 aliphatic rings. The number of amides is 1. The van der Waals surface area contributed by atoms with Crippen LogP contribution in [0.2, 0.25) is 0 Å². The first kappa shape index (κ1) is 27.1. The van der Waals surface area contributed by atoms with E-state index in [-0.39, 0.29) is 0 Å². The molecule has 1 N–H and O–H groups in total. The van der Waals surface area contributed by atoms with Gasteiger partial charge in [0.25, 0.3) is 0 Å². The zero-order chi connectivity index (χ0) is 24.2. The van der Waals surface area contributed by atoms with Gasteiger partial charge < -0.3 is 4.74 Å². The van der Waals surface area contributed by atoms with E-state index in [1.54, 1.807) is 24.3 Å². The number of carbonyl (C=O) groups is 1. The van der Waals surface area contributed by atoms with E-state index in [1.165, 1.54) is 6.08 Å². The van der Waals surface area contributed by atoms with Gasteiger partial charge in [0.05, 0.1) is 12.3 Å². The fourth-order valence-electron chi connectivity index (χ4n) is 2.32. The smallest absolute Gasteiger partial charge is 0.411 e. The van der Waals surface area contributed by atoms with Gasteiger partial charge in [-0.05, 0) is 43.5 Å². The number of aliphatic imine (C=N–C) groups is 1. The SMILES string of the molecule is F[P-](F)(F)(F)(F)F.O=C=Nc1ccc(NC(=O)OCCCCCC[n+]2ccccc2)cc1. The Balaban J connectivity index is 0.000000633. The standard InChI is InChI=1S/C19H21N3O3.F6P/c23-16-20-17-8-10-18(11-9-17)21-19(24)25-15-7-2-1-4-12-22-13-5-3-6-14-22;1-7(2,3,4,5)6/h3,5-6,8-11,13-14H,1-2,4,7,12,15H2;/q;-1/p+1. The maximum Gasteiger partial charge on any atom is 0.411 e. The molecule has 2 aromatic rings. The summed E-state index contributed by atoms with van der Waals surface area (Å²) < 4.78 is 66.5. The number of isocyanates is 1. The van der Waals surface area contributed by atoms with Crippen LogP contribution >= 0.6 is 7.81 Å². The molecule has 0 unspecified atom stereocenters. The predicted octanol–water partition coefficient (Wildman–Crippen LogP) is 7.13. The predicted molar refractivity (Wildman–Crippen MR) is 108 cm³/mol. The molecule has 0 aliphatic heterocycles. The van der Waals surface area contributed by atoms with Crippen LogP contribution in [0.25, 0.3) is 0 Å². The van der Waals surface area contributed by atoms with Gasteiger partial charge in [0.15, 0.2) is 12.4 Å². The second kappa shape index (κ2) is 11.1. The Hall–Kier alpha value is -2.97. The molecule has 0 atom stereocenters. The van der Waals surface area contributed by atoms with E-state index in [0.29, 0.717) is 18.0 Å². The van der Waals surface area contributed by atoms with E-state index < -0.39 is 13.9 Å². The maximum atomic E-state index is 11.7. The van der Waals surface area contributed by atoms with Gasteiger partial charge in [-0.3, -0.25) is 5.32 Å². The quantitative estimate of drug-likeness (QED) is 0.103. The van der Waals surface area contributed by atoms with Gasteiger partial charge in [0.2, 0.25) is 6.08 Å². The number of anilines is 1. The average molecular weight is 485 g/mol. The zero-order valence-electron chi connectivity index (χ0n) is 16.8. The van der Waals surface area contributed by atoms with Crippen molar-refractivity contribution >= 4 is 31.4 Å². The number of pyridine rings is 1. The number of hydrogen-bond acceptors (Lipinski definition) is 4. The minimum atomic E-state index is -10.7. The molecule has 6 nitrogen and oxygen atoms in total. The molecule has 0 aliphatic carbocycles.